The fraction of sp³-hybridized carbons (Fsp3) is 0.222. The number of aliphatic hydroxyl groups is 1. The van der Waals surface area contributed by atoms with Gasteiger partial charge in [-0.2, -0.15) is 0 Å². The molecule has 11 heteroatoms. The molecule has 4 aromatic rings. The third-order valence-electron chi connectivity index (χ3n) is 6.52. The van der Waals surface area contributed by atoms with Crippen LogP contribution in [0.5, 0.6) is 0 Å². The second kappa shape index (κ2) is 10.8. The van der Waals surface area contributed by atoms with E-state index in [1.54, 1.807) is 18.2 Å². The van der Waals surface area contributed by atoms with Gasteiger partial charge in [0.25, 0.3) is 5.91 Å². The van der Waals surface area contributed by atoms with Crippen molar-refractivity contribution in [2.75, 3.05) is 11.4 Å². The Morgan fingerprint density at radius 2 is 1.97 bits per heavy atom. The first-order valence-electron chi connectivity index (χ1n) is 11.7. The highest BCUT2D eigenvalue weighted by Gasteiger charge is 2.31. The summed E-state index contributed by atoms with van der Waals surface area (Å²) < 4.78 is 46.5. The van der Waals surface area contributed by atoms with Crippen LogP contribution in [-0.4, -0.2) is 26.8 Å². The zero-order valence-electron chi connectivity index (χ0n) is 20.1. The molecule has 1 fully saturated rings. The normalized spacial score (nSPS) is 14.1. The van der Waals surface area contributed by atoms with Gasteiger partial charge in [-0.1, -0.05) is 17.7 Å². The van der Waals surface area contributed by atoms with Gasteiger partial charge >= 0.3 is 0 Å². The van der Waals surface area contributed by atoms with Gasteiger partial charge < -0.3 is 19.4 Å². The largest absolute Gasteiger partial charge is 0.755 e. The van der Waals surface area contributed by atoms with E-state index in [9.17, 15) is 23.1 Å². The molecule has 0 bridgehead atoms. The van der Waals surface area contributed by atoms with E-state index in [0.717, 1.165) is 18.4 Å². The summed E-state index contributed by atoms with van der Waals surface area (Å²) in [5, 5.41) is 13.2. The minimum Gasteiger partial charge on any atom is -0.755 e. The Bertz CT molecular complexity index is 1570. The number of fused-ring (bicyclic) bond motifs is 1. The molecule has 1 atom stereocenters. The fourth-order valence-electron chi connectivity index (χ4n) is 4.54. The Balaban J connectivity index is 1.68. The minimum absolute atomic E-state index is 0.0326. The molecule has 1 heterocycles. The van der Waals surface area contributed by atoms with Crippen LogP contribution < -0.4 is 9.62 Å². The van der Waals surface area contributed by atoms with E-state index in [1.165, 1.54) is 35.6 Å². The van der Waals surface area contributed by atoms with Gasteiger partial charge in [0.05, 0.1) is 29.4 Å². The molecule has 1 saturated carbocycles. The summed E-state index contributed by atoms with van der Waals surface area (Å²) in [5.74, 6) is -0.400. The van der Waals surface area contributed by atoms with Crippen molar-refractivity contribution in [3.05, 3.63) is 86.1 Å². The number of carbonyl (C=O) groups is 1. The van der Waals surface area contributed by atoms with E-state index < -0.39 is 17.1 Å². The van der Waals surface area contributed by atoms with Gasteiger partial charge in [-0.15, -0.1) is 0 Å². The van der Waals surface area contributed by atoms with E-state index in [1.807, 2.05) is 6.07 Å². The van der Waals surface area contributed by atoms with Crippen LogP contribution in [0.25, 0.3) is 22.3 Å². The van der Waals surface area contributed by atoms with E-state index in [-0.39, 0.29) is 30.7 Å². The highest BCUT2D eigenvalue weighted by molar-refractivity contribution is 9.10. The molecule has 0 radical (unpaired) electrons. The molecule has 7 nitrogen and oxygen atoms in total. The molecule has 0 spiro atoms. The summed E-state index contributed by atoms with van der Waals surface area (Å²) in [6.07, 6.45) is 1.77. The first kappa shape index (κ1) is 26.8. The molecule has 198 valence electrons. The molecular formula is C27H22BrClFN2O5S-. The number of benzene rings is 3. The van der Waals surface area contributed by atoms with Crippen molar-refractivity contribution < 1.29 is 27.5 Å². The lowest BCUT2D eigenvalue weighted by molar-refractivity contribution is 0.0964. The van der Waals surface area contributed by atoms with Crippen molar-refractivity contribution >= 4 is 61.4 Å². The van der Waals surface area contributed by atoms with Crippen molar-refractivity contribution in [1.29, 1.82) is 0 Å². The molecule has 0 saturated heterocycles. The van der Waals surface area contributed by atoms with Crippen LogP contribution in [0.15, 0.2) is 57.4 Å². The molecule has 1 aliphatic rings. The predicted molar refractivity (Wildman–Crippen MR) is 147 cm³/mol. The van der Waals surface area contributed by atoms with Gasteiger partial charge in [0.1, 0.15) is 17.2 Å². The molecule has 1 aromatic heterocycles. The smallest absolute Gasteiger partial charge is 0.255 e. The standard InChI is InChI=1S/C27H23BrClFN2O5S/c1-31-27(34)24-20-10-19(15-2-3-15)22(11-23(20)37-26(24)16-4-6-18(30)7-5-16)32(38(35)36)12-14-8-17(13-33)25(28)21(29)9-14/h4-11,15,33H,2-3,12-13H2,1H3,(H,31,34)(H,35,36)/p-1. The van der Waals surface area contributed by atoms with Gasteiger partial charge in [-0.05, 0) is 87.8 Å². The number of hydrogen-bond acceptors (Lipinski definition) is 5. The zero-order chi connectivity index (χ0) is 27.1. The SMILES string of the molecule is CNC(=O)c1c(-c2ccc(F)cc2)oc2cc(N(Cc3cc(Cl)c(Br)c(CO)c3)S(=O)[O-])c(C3CC3)cc12. The van der Waals surface area contributed by atoms with E-state index in [2.05, 4.69) is 21.2 Å². The number of carbonyl (C=O) groups excluding carboxylic acids is 1. The molecule has 5 rings (SSSR count). The highest BCUT2D eigenvalue weighted by Crippen LogP contribution is 2.48. The molecule has 1 unspecified atom stereocenters. The summed E-state index contributed by atoms with van der Waals surface area (Å²) in [7, 11) is 1.51. The Labute approximate surface area is 234 Å². The topological polar surface area (TPSA) is 106 Å². The molecule has 38 heavy (non-hydrogen) atoms. The van der Waals surface area contributed by atoms with Crippen molar-refractivity contribution in [1.82, 2.24) is 5.32 Å². The lowest BCUT2D eigenvalue weighted by Crippen LogP contribution is -2.26. The fourth-order valence-corrected chi connectivity index (χ4v) is 5.73. The third-order valence-corrected chi connectivity index (χ3v) is 8.67. The molecule has 2 N–H and O–H groups in total. The van der Waals surface area contributed by atoms with Crippen LogP contribution in [0.1, 0.15) is 45.8 Å². The molecule has 3 aromatic carbocycles. The van der Waals surface area contributed by atoms with E-state index >= 15 is 0 Å². The second-order valence-corrected chi connectivity index (χ2v) is 11.1. The number of halogens is 3. The maximum atomic E-state index is 13.6. The highest BCUT2D eigenvalue weighted by atomic mass is 79.9. The number of hydrogen-bond donors (Lipinski definition) is 2. The first-order chi connectivity index (χ1) is 18.2. The number of amides is 1. The molecule has 0 aliphatic heterocycles. The second-order valence-electron chi connectivity index (χ2n) is 9.04. The van der Waals surface area contributed by atoms with Crippen LogP contribution in [0.4, 0.5) is 10.1 Å². The number of aliphatic hydroxyl groups excluding tert-OH is 1. The van der Waals surface area contributed by atoms with Gasteiger partial charge in [0, 0.05) is 39.8 Å². The summed E-state index contributed by atoms with van der Waals surface area (Å²) in [5.41, 5.74) is 3.47. The maximum absolute atomic E-state index is 13.6. The minimum atomic E-state index is -2.66. The monoisotopic (exact) mass is 619 g/mol. The molecule has 1 amide bonds. The van der Waals surface area contributed by atoms with Crippen LogP contribution in [0.3, 0.4) is 0 Å². The van der Waals surface area contributed by atoms with Crippen LogP contribution in [-0.2, 0) is 24.4 Å². The first-order valence-corrected chi connectivity index (χ1v) is 13.9. The third kappa shape index (κ3) is 5.11. The van der Waals surface area contributed by atoms with Crippen LogP contribution in [0, 0.1) is 5.82 Å². The number of nitrogens with one attached hydrogen (secondary N) is 1. The Morgan fingerprint density at radius 3 is 2.58 bits per heavy atom. The predicted octanol–water partition coefficient (Wildman–Crippen LogP) is 6.18. The van der Waals surface area contributed by atoms with Gasteiger partial charge in [0.2, 0.25) is 0 Å². The summed E-state index contributed by atoms with van der Waals surface area (Å²) in [6, 6.07) is 12.4. The van der Waals surface area contributed by atoms with Gasteiger partial charge in [-0.25, -0.2) is 4.39 Å². The average molecular weight is 621 g/mol. The Morgan fingerprint density at radius 1 is 1.26 bits per heavy atom. The van der Waals surface area contributed by atoms with Crippen molar-refractivity contribution in [2.24, 2.45) is 0 Å². The van der Waals surface area contributed by atoms with Gasteiger partial charge in [0.15, 0.2) is 0 Å². The molecular weight excluding hydrogens is 599 g/mol. The summed E-state index contributed by atoms with van der Waals surface area (Å²) in [6.45, 7) is -0.302. The number of nitrogens with zero attached hydrogens (tertiary/aromatic N) is 1. The zero-order valence-corrected chi connectivity index (χ0v) is 23.3. The van der Waals surface area contributed by atoms with E-state index in [4.69, 9.17) is 16.0 Å². The van der Waals surface area contributed by atoms with E-state index in [0.29, 0.717) is 48.4 Å². The van der Waals surface area contributed by atoms with Crippen LogP contribution in [0.2, 0.25) is 5.02 Å². The molecule has 1 aliphatic carbocycles. The summed E-state index contributed by atoms with van der Waals surface area (Å²) >= 11 is 6.98. The van der Waals surface area contributed by atoms with Crippen LogP contribution >= 0.6 is 27.5 Å². The van der Waals surface area contributed by atoms with Crippen molar-refractivity contribution in [3.8, 4) is 11.3 Å². The number of anilines is 1. The average Bonchev–Trinajstić information content (AvgIpc) is 3.68. The van der Waals surface area contributed by atoms with Crippen molar-refractivity contribution in [3.63, 3.8) is 0 Å². The van der Waals surface area contributed by atoms with Crippen molar-refractivity contribution in [2.45, 2.75) is 31.9 Å². The Hall–Kier alpha value is -2.76. The maximum Gasteiger partial charge on any atom is 0.255 e. The lowest BCUT2D eigenvalue weighted by atomic mass is 10.00. The number of rotatable bonds is 8. The summed E-state index contributed by atoms with van der Waals surface area (Å²) in [4.78, 5) is 12.9. The van der Waals surface area contributed by atoms with Gasteiger partial charge in [-0.3, -0.25) is 13.3 Å². The quantitative estimate of drug-likeness (QED) is 0.229. The number of furan rings is 1. The Kier molecular flexibility index (Phi) is 7.61. The lowest BCUT2D eigenvalue weighted by Gasteiger charge is -2.29.